The molecular formula is C8H6N2OS2. The Kier molecular flexibility index (Phi) is 2.20. The van der Waals surface area contributed by atoms with Crippen LogP contribution in [0.15, 0.2) is 22.4 Å². The molecule has 0 aromatic carbocycles. The molecule has 0 saturated carbocycles. The number of thioether (sulfide) groups is 1. The van der Waals surface area contributed by atoms with E-state index in [4.69, 9.17) is 5.41 Å². The van der Waals surface area contributed by atoms with Crippen molar-refractivity contribution in [3.63, 3.8) is 0 Å². The molecule has 0 bridgehead atoms. The Hall–Kier alpha value is -1.07. The second-order valence-corrected chi connectivity index (χ2v) is 4.44. The third-order valence-corrected chi connectivity index (χ3v) is 3.13. The highest BCUT2D eigenvalue weighted by Crippen LogP contribution is 2.26. The van der Waals surface area contributed by atoms with Gasteiger partial charge in [-0.1, -0.05) is 6.07 Å². The van der Waals surface area contributed by atoms with Crippen LogP contribution in [0.2, 0.25) is 0 Å². The van der Waals surface area contributed by atoms with Crippen molar-refractivity contribution in [2.75, 3.05) is 0 Å². The van der Waals surface area contributed by atoms with Crippen LogP contribution >= 0.6 is 23.1 Å². The predicted molar refractivity (Wildman–Crippen MR) is 55.8 cm³/mol. The van der Waals surface area contributed by atoms with Crippen molar-refractivity contribution in [3.05, 3.63) is 27.3 Å². The summed E-state index contributed by atoms with van der Waals surface area (Å²) in [6.07, 6.45) is 1.80. The topological polar surface area (TPSA) is 53.0 Å². The summed E-state index contributed by atoms with van der Waals surface area (Å²) >= 11 is 2.74. The average Bonchev–Trinajstić information content (AvgIpc) is 2.63. The molecule has 1 aliphatic heterocycles. The molecule has 0 atom stereocenters. The van der Waals surface area contributed by atoms with Gasteiger partial charge in [-0.2, -0.15) is 0 Å². The van der Waals surface area contributed by atoms with Crippen LogP contribution in [0.1, 0.15) is 4.88 Å². The number of carbonyl (C=O) groups is 1. The van der Waals surface area contributed by atoms with Gasteiger partial charge in [0.05, 0.1) is 4.91 Å². The Morgan fingerprint density at radius 2 is 2.38 bits per heavy atom. The first-order valence-electron chi connectivity index (χ1n) is 3.58. The highest BCUT2D eigenvalue weighted by molar-refractivity contribution is 8.18. The summed E-state index contributed by atoms with van der Waals surface area (Å²) in [7, 11) is 0. The Morgan fingerprint density at radius 3 is 2.92 bits per heavy atom. The van der Waals surface area contributed by atoms with E-state index in [9.17, 15) is 4.79 Å². The third-order valence-electron chi connectivity index (χ3n) is 1.48. The summed E-state index contributed by atoms with van der Waals surface area (Å²) in [6, 6.07) is 3.87. The van der Waals surface area contributed by atoms with Gasteiger partial charge in [-0.15, -0.1) is 11.3 Å². The lowest BCUT2D eigenvalue weighted by Crippen LogP contribution is -2.18. The largest absolute Gasteiger partial charge is 0.301 e. The van der Waals surface area contributed by atoms with Gasteiger partial charge in [-0.05, 0) is 29.3 Å². The lowest BCUT2D eigenvalue weighted by molar-refractivity contribution is -0.115. The Balaban J connectivity index is 2.27. The third kappa shape index (κ3) is 1.81. The molecule has 0 aliphatic carbocycles. The number of hydrogen-bond acceptors (Lipinski definition) is 4. The van der Waals surface area contributed by atoms with Crippen molar-refractivity contribution in [3.8, 4) is 0 Å². The quantitative estimate of drug-likeness (QED) is 0.695. The molecule has 1 saturated heterocycles. The smallest absolute Gasteiger partial charge is 0.264 e. The Morgan fingerprint density at radius 1 is 1.54 bits per heavy atom. The Labute approximate surface area is 83.4 Å². The number of amides is 1. The highest BCUT2D eigenvalue weighted by atomic mass is 32.2. The van der Waals surface area contributed by atoms with Gasteiger partial charge in [0.1, 0.15) is 0 Å². The summed E-state index contributed by atoms with van der Waals surface area (Å²) in [4.78, 5) is 12.8. The van der Waals surface area contributed by atoms with Gasteiger partial charge < -0.3 is 5.32 Å². The molecule has 2 N–H and O–H groups in total. The van der Waals surface area contributed by atoms with E-state index in [0.717, 1.165) is 16.6 Å². The van der Waals surface area contributed by atoms with Crippen molar-refractivity contribution in [1.82, 2.24) is 5.32 Å². The fourth-order valence-electron chi connectivity index (χ4n) is 0.944. The minimum absolute atomic E-state index is 0.177. The molecular weight excluding hydrogens is 204 g/mol. The SMILES string of the molecule is N=C1NC(=O)/C(=C/c2cccs2)S1. The standard InChI is InChI=1S/C8H6N2OS2/c9-8-10-7(11)6(13-8)4-5-2-1-3-12-5/h1-4H,(H2,9,10,11)/b6-4-. The normalized spacial score (nSPS) is 19.5. The van der Waals surface area contributed by atoms with Crippen LogP contribution in [0.5, 0.6) is 0 Å². The second-order valence-electron chi connectivity index (χ2n) is 2.41. The van der Waals surface area contributed by atoms with E-state index in [0.29, 0.717) is 4.91 Å². The number of hydrogen-bond donors (Lipinski definition) is 2. The van der Waals surface area contributed by atoms with Gasteiger partial charge in [0.2, 0.25) is 0 Å². The molecule has 1 fully saturated rings. The van der Waals surface area contributed by atoms with Gasteiger partial charge in [0.15, 0.2) is 5.17 Å². The summed E-state index contributed by atoms with van der Waals surface area (Å²) in [6.45, 7) is 0. The van der Waals surface area contributed by atoms with Crippen LogP contribution in [-0.2, 0) is 4.79 Å². The average molecular weight is 210 g/mol. The maximum Gasteiger partial charge on any atom is 0.264 e. The van der Waals surface area contributed by atoms with Gasteiger partial charge in [-0.3, -0.25) is 10.2 Å². The fourth-order valence-corrected chi connectivity index (χ4v) is 2.37. The van der Waals surface area contributed by atoms with Crippen molar-refractivity contribution in [2.24, 2.45) is 0 Å². The van der Waals surface area contributed by atoms with E-state index in [1.807, 2.05) is 17.5 Å². The van der Waals surface area contributed by atoms with Crippen molar-refractivity contribution in [1.29, 1.82) is 5.41 Å². The first kappa shape index (κ1) is 8.52. The first-order valence-corrected chi connectivity index (χ1v) is 5.28. The van der Waals surface area contributed by atoms with E-state index in [2.05, 4.69) is 5.32 Å². The molecule has 0 radical (unpaired) electrons. The molecule has 13 heavy (non-hydrogen) atoms. The lowest BCUT2D eigenvalue weighted by atomic mass is 10.4. The number of carbonyl (C=O) groups excluding carboxylic acids is 1. The molecule has 1 aromatic heterocycles. The van der Waals surface area contributed by atoms with Crippen LogP contribution in [0, 0.1) is 5.41 Å². The predicted octanol–water partition coefficient (Wildman–Crippen LogP) is 1.89. The van der Waals surface area contributed by atoms with Gasteiger partial charge in [0.25, 0.3) is 5.91 Å². The van der Waals surface area contributed by atoms with E-state index in [-0.39, 0.29) is 11.1 Å². The summed E-state index contributed by atoms with van der Waals surface area (Å²) < 4.78 is 0. The van der Waals surface area contributed by atoms with Crippen molar-refractivity contribution in [2.45, 2.75) is 0 Å². The molecule has 5 heteroatoms. The van der Waals surface area contributed by atoms with Gasteiger partial charge >= 0.3 is 0 Å². The van der Waals surface area contributed by atoms with Crippen LogP contribution in [0.25, 0.3) is 6.08 Å². The number of rotatable bonds is 1. The second kappa shape index (κ2) is 3.35. The van der Waals surface area contributed by atoms with Crippen LogP contribution in [-0.4, -0.2) is 11.1 Å². The van der Waals surface area contributed by atoms with Gasteiger partial charge in [0, 0.05) is 4.88 Å². The molecule has 1 aliphatic rings. The van der Waals surface area contributed by atoms with E-state index in [1.54, 1.807) is 17.4 Å². The monoisotopic (exact) mass is 210 g/mol. The minimum atomic E-state index is -0.177. The van der Waals surface area contributed by atoms with Crippen LogP contribution in [0.4, 0.5) is 0 Å². The maximum absolute atomic E-state index is 11.2. The summed E-state index contributed by atoms with van der Waals surface area (Å²) in [5.41, 5.74) is 0. The first-order chi connectivity index (χ1) is 6.25. The maximum atomic E-state index is 11.2. The zero-order valence-electron chi connectivity index (χ0n) is 6.53. The molecule has 2 rings (SSSR count). The molecule has 0 spiro atoms. The molecule has 1 amide bonds. The van der Waals surface area contributed by atoms with E-state index >= 15 is 0 Å². The molecule has 0 unspecified atom stereocenters. The number of thiophene rings is 1. The number of nitrogens with one attached hydrogen (secondary N) is 2. The summed E-state index contributed by atoms with van der Waals surface area (Å²) in [5, 5.41) is 11.8. The molecule has 3 nitrogen and oxygen atoms in total. The fraction of sp³-hybridized carbons (Fsp3) is 0. The van der Waals surface area contributed by atoms with E-state index < -0.39 is 0 Å². The molecule has 2 heterocycles. The highest BCUT2D eigenvalue weighted by Gasteiger charge is 2.21. The van der Waals surface area contributed by atoms with Gasteiger partial charge in [-0.25, -0.2) is 0 Å². The molecule has 1 aromatic rings. The summed E-state index contributed by atoms with van der Waals surface area (Å²) in [5.74, 6) is -0.177. The van der Waals surface area contributed by atoms with Crippen molar-refractivity contribution >= 4 is 40.2 Å². The number of amidine groups is 1. The van der Waals surface area contributed by atoms with Crippen molar-refractivity contribution < 1.29 is 4.79 Å². The Bertz CT molecular complexity index is 381. The van der Waals surface area contributed by atoms with E-state index in [1.165, 1.54) is 0 Å². The zero-order valence-corrected chi connectivity index (χ0v) is 8.17. The van der Waals surface area contributed by atoms with Crippen LogP contribution in [0.3, 0.4) is 0 Å². The zero-order chi connectivity index (χ0) is 9.26. The lowest BCUT2D eigenvalue weighted by Gasteiger charge is -1.87. The molecule has 66 valence electrons. The minimum Gasteiger partial charge on any atom is -0.301 e. The van der Waals surface area contributed by atoms with Crippen LogP contribution < -0.4 is 5.32 Å².